The Bertz CT molecular complexity index is 364. The summed E-state index contributed by atoms with van der Waals surface area (Å²) in [6.45, 7) is 3.56. The number of aromatic nitrogens is 2. The zero-order chi connectivity index (χ0) is 11.5. The van der Waals surface area contributed by atoms with Crippen molar-refractivity contribution in [3.63, 3.8) is 0 Å². The van der Waals surface area contributed by atoms with Crippen molar-refractivity contribution in [2.45, 2.75) is 19.1 Å². The quantitative estimate of drug-likeness (QED) is 0.848. The molecule has 6 heteroatoms. The molecule has 0 unspecified atom stereocenters. The number of aliphatic hydroxyl groups excluding tert-OH is 1. The first kappa shape index (κ1) is 11.6. The van der Waals surface area contributed by atoms with Crippen molar-refractivity contribution in [1.29, 1.82) is 0 Å². The van der Waals surface area contributed by atoms with Crippen LogP contribution in [0.25, 0.3) is 0 Å². The van der Waals surface area contributed by atoms with Gasteiger partial charge in [-0.25, -0.2) is 9.97 Å². The monoisotopic (exact) mass is 243 g/mol. The number of hydrogen-bond donors (Lipinski definition) is 1. The first-order valence-electron chi connectivity index (χ1n) is 5.23. The molecule has 1 saturated heterocycles. The predicted molar refractivity (Wildman–Crippen MR) is 60.7 cm³/mol. The van der Waals surface area contributed by atoms with Crippen molar-refractivity contribution in [3.05, 3.63) is 17.5 Å². The molecule has 2 atom stereocenters. The van der Waals surface area contributed by atoms with Gasteiger partial charge in [0.2, 0.25) is 0 Å². The molecule has 1 N–H and O–H groups in total. The third kappa shape index (κ3) is 2.26. The van der Waals surface area contributed by atoms with Gasteiger partial charge in [0.1, 0.15) is 6.10 Å². The highest BCUT2D eigenvalue weighted by molar-refractivity contribution is 6.31. The molecule has 2 rings (SSSR count). The van der Waals surface area contributed by atoms with E-state index in [2.05, 4.69) is 9.97 Å². The van der Waals surface area contributed by atoms with E-state index in [1.807, 2.05) is 11.8 Å². The molecule has 0 spiro atoms. The Hall–Kier alpha value is -0.910. The number of ether oxygens (including phenoxy) is 1. The Morgan fingerprint density at radius 1 is 1.50 bits per heavy atom. The van der Waals surface area contributed by atoms with Gasteiger partial charge < -0.3 is 14.7 Å². The molecule has 2 heterocycles. The summed E-state index contributed by atoms with van der Waals surface area (Å²) in [5, 5.41) is 10.1. The first-order chi connectivity index (χ1) is 7.72. The number of nitrogens with zero attached hydrogens (tertiary/aromatic N) is 3. The van der Waals surface area contributed by atoms with Gasteiger partial charge in [-0.3, -0.25) is 0 Å². The largest absolute Gasteiger partial charge is 0.388 e. The van der Waals surface area contributed by atoms with Gasteiger partial charge in [-0.05, 0) is 6.92 Å². The summed E-state index contributed by atoms with van der Waals surface area (Å²) in [5.41, 5.74) is 0. The van der Waals surface area contributed by atoms with Gasteiger partial charge in [0.25, 0.3) is 0 Å². The Kier molecular flexibility index (Phi) is 3.58. The van der Waals surface area contributed by atoms with E-state index in [9.17, 15) is 5.11 Å². The zero-order valence-corrected chi connectivity index (χ0v) is 9.76. The Morgan fingerprint density at radius 3 is 2.94 bits per heavy atom. The lowest BCUT2D eigenvalue weighted by atomic mass is 10.3. The lowest BCUT2D eigenvalue weighted by Gasteiger charge is -2.17. The molecule has 1 aromatic rings. The fraction of sp³-hybridized carbons (Fsp3) is 0.600. The average Bonchev–Trinajstić information content (AvgIpc) is 2.61. The van der Waals surface area contributed by atoms with Crippen molar-refractivity contribution in [2.24, 2.45) is 0 Å². The third-order valence-corrected chi connectivity index (χ3v) is 2.82. The SMILES string of the molecule is CCO[C@H]1CN(c2nccnc2Cl)C[C@H]1O. The minimum absolute atomic E-state index is 0.178. The van der Waals surface area contributed by atoms with Crippen LogP contribution in [-0.2, 0) is 4.74 Å². The molecular weight excluding hydrogens is 230 g/mol. The second-order valence-corrected chi connectivity index (χ2v) is 3.99. The Balaban J connectivity index is 2.11. The predicted octanol–water partition coefficient (Wildman–Crippen LogP) is 0.716. The zero-order valence-electron chi connectivity index (χ0n) is 9.01. The first-order valence-corrected chi connectivity index (χ1v) is 5.61. The number of β-amino-alcohol motifs (C(OH)–C–C–N with tert-alkyl or cyclic N) is 1. The van der Waals surface area contributed by atoms with Gasteiger partial charge in [0.05, 0.1) is 6.10 Å². The number of rotatable bonds is 3. The molecule has 0 radical (unpaired) electrons. The van der Waals surface area contributed by atoms with Gasteiger partial charge in [0.15, 0.2) is 11.0 Å². The average molecular weight is 244 g/mol. The Labute approximate surface area is 99.0 Å². The van der Waals surface area contributed by atoms with Crippen LogP contribution in [0.1, 0.15) is 6.92 Å². The van der Waals surface area contributed by atoms with Gasteiger partial charge >= 0.3 is 0 Å². The van der Waals surface area contributed by atoms with Crippen LogP contribution in [0.15, 0.2) is 12.4 Å². The second-order valence-electron chi connectivity index (χ2n) is 3.64. The lowest BCUT2D eigenvalue weighted by Crippen LogP contribution is -2.26. The van der Waals surface area contributed by atoms with Crippen LogP contribution < -0.4 is 4.90 Å². The van der Waals surface area contributed by atoms with Crippen molar-refractivity contribution in [2.75, 3.05) is 24.6 Å². The molecule has 0 bridgehead atoms. The molecule has 0 aromatic carbocycles. The van der Waals surface area contributed by atoms with Crippen molar-refractivity contribution >= 4 is 17.4 Å². The maximum absolute atomic E-state index is 9.78. The number of aliphatic hydroxyl groups is 1. The van der Waals surface area contributed by atoms with Gasteiger partial charge in [-0.2, -0.15) is 0 Å². The maximum atomic E-state index is 9.78. The molecule has 1 aromatic heterocycles. The minimum atomic E-state index is -0.502. The Morgan fingerprint density at radius 2 is 2.25 bits per heavy atom. The van der Waals surface area contributed by atoms with Crippen LogP contribution in [0, 0.1) is 0 Å². The summed E-state index contributed by atoms with van der Waals surface area (Å²) in [7, 11) is 0. The molecule has 0 saturated carbocycles. The molecular formula is C10H14ClN3O2. The lowest BCUT2D eigenvalue weighted by molar-refractivity contribution is -0.00189. The van der Waals surface area contributed by atoms with E-state index in [1.165, 1.54) is 0 Å². The summed E-state index contributed by atoms with van der Waals surface area (Å²) in [5.74, 6) is 0.602. The highest BCUT2D eigenvalue weighted by Crippen LogP contribution is 2.25. The van der Waals surface area contributed by atoms with Gasteiger partial charge in [-0.1, -0.05) is 11.6 Å². The molecule has 0 aliphatic carbocycles. The van der Waals surface area contributed by atoms with Crippen LogP contribution in [0.2, 0.25) is 5.15 Å². The van der Waals surface area contributed by atoms with Crippen LogP contribution in [0.4, 0.5) is 5.82 Å². The van der Waals surface area contributed by atoms with E-state index < -0.39 is 6.10 Å². The summed E-state index contributed by atoms with van der Waals surface area (Å²) in [6.07, 6.45) is 2.45. The number of halogens is 1. The van der Waals surface area contributed by atoms with E-state index in [0.717, 1.165) is 0 Å². The smallest absolute Gasteiger partial charge is 0.171 e. The van der Waals surface area contributed by atoms with Gasteiger partial charge in [0, 0.05) is 32.1 Å². The van der Waals surface area contributed by atoms with E-state index in [0.29, 0.717) is 30.7 Å². The normalized spacial score (nSPS) is 25.1. The third-order valence-electron chi connectivity index (χ3n) is 2.55. The van der Waals surface area contributed by atoms with Crippen LogP contribution in [0.3, 0.4) is 0 Å². The number of hydrogen-bond acceptors (Lipinski definition) is 5. The van der Waals surface area contributed by atoms with Crippen LogP contribution >= 0.6 is 11.6 Å². The molecule has 88 valence electrons. The highest BCUT2D eigenvalue weighted by Gasteiger charge is 2.33. The molecule has 1 aliphatic rings. The topological polar surface area (TPSA) is 58.5 Å². The summed E-state index contributed by atoms with van der Waals surface area (Å²) in [4.78, 5) is 10.0. The molecule has 16 heavy (non-hydrogen) atoms. The van der Waals surface area contributed by atoms with Crippen molar-refractivity contribution < 1.29 is 9.84 Å². The fourth-order valence-electron chi connectivity index (χ4n) is 1.83. The standard InChI is InChI=1S/C10H14ClN3O2/c1-2-16-8-6-14(5-7(8)15)10-9(11)12-3-4-13-10/h3-4,7-8,15H,2,5-6H2,1H3/t7-,8+/m1/s1. The molecule has 5 nitrogen and oxygen atoms in total. The van der Waals surface area contributed by atoms with Crippen molar-refractivity contribution in [1.82, 2.24) is 9.97 Å². The van der Waals surface area contributed by atoms with E-state index in [1.54, 1.807) is 12.4 Å². The van der Waals surface area contributed by atoms with Crippen LogP contribution in [0.5, 0.6) is 0 Å². The van der Waals surface area contributed by atoms with E-state index in [4.69, 9.17) is 16.3 Å². The molecule has 0 amide bonds. The van der Waals surface area contributed by atoms with Crippen LogP contribution in [-0.4, -0.2) is 47.0 Å². The maximum Gasteiger partial charge on any atom is 0.171 e. The summed E-state index contributed by atoms with van der Waals surface area (Å²) >= 11 is 5.94. The summed E-state index contributed by atoms with van der Waals surface area (Å²) in [6, 6.07) is 0. The molecule has 1 aliphatic heterocycles. The van der Waals surface area contributed by atoms with E-state index in [-0.39, 0.29) is 6.10 Å². The minimum Gasteiger partial charge on any atom is -0.388 e. The summed E-state index contributed by atoms with van der Waals surface area (Å²) < 4.78 is 5.42. The van der Waals surface area contributed by atoms with Crippen molar-refractivity contribution in [3.8, 4) is 0 Å². The van der Waals surface area contributed by atoms with Gasteiger partial charge in [-0.15, -0.1) is 0 Å². The van der Waals surface area contributed by atoms with E-state index >= 15 is 0 Å². The highest BCUT2D eigenvalue weighted by atomic mass is 35.5. The second kappa shape index (κ2) is 4.95. The molecule has 1 fully saturated rings. The fourth-order valence-corrected chi connectivity index (χ4v) is 2.06. The number of anilines is 1.